The van der Waals surface area contributed by atoms with E-state index in [4.69, 9.17) is 4.74 Å². The number of ketones is 1. The van der Waals surface area contributed by atoms with Gasteiger partial charge >= 0.3 is 5.97 Å². The first-order chi connectivity index (χ1) is 12.7. The van der Waals surface area contributed by atoms with E-state index in [1.165, 1.54) is 18.9 Å². The standard InChI is InChI=1S/C18H16N4O3S/c1-25-17(24)15-7-3-2-5-12(15)9-14(23)11-26-18-20-16(21-22-18)13-6-4-8-19-10-13/h2-8,10H,9,11H2,1H3,(H,20,21,22). The van der Waals surface area contributed by atoms with Gasteiger partial charge in [0.15, 0.2) is 5.82 Å². The number of aromatic nitrogens is 4. The molecule has 0 atom stereocenters. The zero-order chi connectivity index (χ0) is 18.4. The number of methoxy groups -OCH3 is 1. The molecule has 2 heterocycles. The number of hydrogen-bond donors (Lipinski definition) is 1. The number of rotatable bonds is 7. The molecular formula is C18H16N4O3S. The SMILES string of the molecule is COC(=O)c1ccccc1CC(=O)CSc1n[nH]c(-c2cccnc2)n1. The fraction of sp³-hybridized carbons (Fsp3) is 0.167. The van der Waals surface area contributed by atoms with Crippen molar-refractivity contribution in [2.45, 2.75) is 11.6 Å². The number of H-pyrrole nitrogens is 1. The molecule has 0 radical (unpaired) electrons. The Morgan fingerprint density at radius 3 is 2.81 bits per heavy atom. The van der Waals surface area contributed by atoms with Crippen molar-refractivity contribution in [3.8, 4) is 11.4 Å². The van der Waals surface area contributed by atoms with Crippen LogP contribution in [0.3, 0.4) is 0 Å². The quantitative estimate of drug-likeness (QED) is 0.505. The van der Waals surface area contributed by atoms with Gasteiger partial charge in [0.2, 0.25) is 5.16 Å². The Labute approximate surface area is 154 Å². The van der Waals surface area contributed by atoms with Crippen molar-refractivity contribution < 1.29 is 14.3 Å². The van der Waals surface area contributed by atoms with Crippen LogP contribution < -0.4 is 0 Å². The first-order valence-corrected chi connectivity index (χ1v) is 8.79. The zero-order valence-electron chi connectivity index (χ0n) is 14.0. The summed E-state index contributed by atoms with van der Waals surface area (Å²) in [5, 5.41) is 7.42. The minimum Gasteiger partial charge on any atom is -0.465 e. The summed E-state index contributed by atoms with van der Waals surface area (Å²) in [6.45, 7) is 0. The van der Waals surface area contributed by atoms with Crippen LogP contribution in [-0.2, 0) is 16.0 Å². The highest BCUT2D eigenvalue weighted by atomic mass is 32.2. The first kappa shape index (κ1) is 17.8. The molecule has 0 saturated heterocycles. The van der Waals surface area contributed by atoms with Crippen molar-refractivity contribution in [3.05, 3.63) is 59.9 Å². The molecular weight excluding hydrogens is 352 g/mol. The summed E-state index contributed by atoms with van der Waals surface area (Å²) in [5.41, 5.74) is 1.88. The summed E-state index contributed by atoms with van der Waals surface area (Å²) in [5.74, 6) is 0.333. The van der Waals surface area contributed by atoms with E-state index in [0.717, 1.165) is 5.56 Å². The molecule has 1 aromatic carbocycles. The largest absolute Gasteiger partial charge is 0.465 e. The molecule has 0 unspecified atom stereocenters. The van der Waals surface area contributed by atoms with Gasteiger partial charge in [-0.1, -0.05) is 30.0 Å². The van der Waals surface area contributed by atoms with Crippen molar-refractivity contribution in [2.75, 3.05) is 12.9 Å². The molecule has 0 spiro atoms. The predicted octanol–water partition coefficient (Wildman–Crippen LogP) is 2.56. The van der Waals surface area contributed by atoms with Gasteiger partial charge in [0, 0.05) is 24.4 Å². The highest BCUT2D eigenvalue weighted by molar-refractivity contribution is 7.99. The van der Waals surface area contributed by atoms with Gasteiger partial charge in [-0.3, -0.25) is 14.9 Å². The number of esters is 1. The fourth-order valence-electron chi connectivity index (χ4n) is 2.33. The Balaban J connectivity index is 1.60. The summed E-state index contributed by atoms with van der Waals surface area (Å²) in [4.78, 5) is 32.4. The molecule has 3 aromatic rings. The summed E-state index contributed by atoms with van der Waals surface area (Å²) < 4.78 is 4.75. The number of Topliss-reactive ketones (excluding diaryl/α,β-unsaturated/α-hetero) is 1. The monoisotopic (exact) mass is 368 g/mol. The molecule has 3 rings (SSSR count). The number of aromatic amines is 1. The van der Waals surface area contributed by atoms with E-state index in [0.29, 0.717) is 22.1 Å². The lowest BCUT2D eigenvalue weighted by molar-refractivity contribution is -0.116. The number of benzene rings is 1. The van der Waals surface area contributed by atoms with Crippen LogP contribution in [-0.4, -0.2) is 44.8 Å². The highest BCUT2D eigenvalue weighted by Crippen LogP contribution is 2.19. The van der Waals surface area contributed by atoms with Crippen molar-refractivity contribution in [3.63, 3.8) is 0 Å². The molecule has 8 heteroatoms. The van der Waals surface area contributed by atoms with Crippen molar-refractivity contribution in [1.29, 1.82) is 0 Å². The minimum atomic E-state index is -0.448. The number of nitrogens with zero attached hydrogens (tertiary/aromatic N) is 3. The van der Waals surface area contributed by atoms with E-state index in [9.17, 15) is 9.59 Å². The van der Waals surface area contributed by atoms with Crippen molar-refractivity contribution >= 4 is 23.5 Å². The van der Waals surface area contributed by atoms with Crippen molar-refractivity contribution in [1.82, 2.24) is 20.2 Å². The average molecular weight is 368 g/mol. The number of pyridine rings is 1. The van der Waals surface area contributed by atoms with Crippen LogP contribution >= 0.6 is 11.8 Å². The molecule has 1 N–H and O–H groups in total. The fourth-order valence-corrected chi connectivity index (χ4v) is 2.99. The minimum absolute atomic E-state index is 0.0286. The second-order valence-electron chi connectivity index (χ2n) is 5.36. The third kappa shape index (κ3) is 4.34. The number of carbonyl (C=O) groups excluding carboxylic acids is 2. The molecule has 0 bridgehead atoms. The van der Waals surface area contributed by atoms with Gasteiger partial charge in [-0.2, -0.15) is 0 Å². The molecule has 0 aliphatic heterocycles. The zero-order valence-corrected chi connectivity index (χ0v) is 14.8. The number of nitrogens with one attached hydrogen (secondary N) is 1. The van der Waals surface area contributed by atoms with Gasteiger partial charge in [0.25, 0.3) is 0 Å². The van der Waals surface area contributed by atoms with Crippen LogP contribution in [0.25, 0.3) is 11.4 Å². The lowest BCUT2D eigenvalue weighted by Crippen LogP contribution is -2.11. The van der Waals surface area contributed by atoms with E-state index in [-0.39, 0.29) is 18.0 Å². The molecule has 7 nitrogen and oxygen atoms in total. The van der Waals surface area contributed by atoms with Crippen LogP contribution in [0.1, 0.15) is 15.9 Å². The topological polar surface area (TPSA) is 97.8 Å². The second-order valence-corrected chi connectivity index (χ2v) is 6.30. The summed E-state index contributed by atoms with van der Waals surface area (Å²) >= 11 is 1.24. The van der Waals surface area contributed by atoms with Gasteiger partial charge in [-0.25, -0.2) is 9.78 Å². The average Bonchev–Trinajstić information content (AvgIpc) is 3.16. The predicted molar refractivity (Wildman–Crippen MR) is 96.8 cm³/mol. The third-order valence-electron chi connectivity index (χ3n) is 3.57. The Kier molecular flexibility index (Phi) is 5.75. The van der Waals surface area contributed by atoms with Gasteiger partial charge in [-0.15, -0.1) is 5.10 Å². The molecule has 0 amide bonds. The molecule has 2 aromatic heterocycles. The summed E-state index contributed by atoms with van der Waals surface area (Å²) in [6.07, 6.45) is 3.52. The number of thioether (sulfide) groups is 1. The van der Waals surface area contributed by atoms with E-state index in [2.05, 4.69) is 20.2 Å². The lowest BCUT2D eigenvalue weighted by atomic mass is 10.0. The second kappa shape index (κ2) is 8.39. The molecule has 26 heavy (non-hydrogen) atoms. The third-order valence-corrected chi connectivity index (χ3v) is 4.48. The Bertz CT molecular complexity index is 912. The molecule has 0 aliphatic carbocycles. The smallest absolute Gasteiger partial charge is 0.338 e. The highest BCUT2D eigenvalue weighted by Gasteiger charge is 2.15. The maximum atomic E-state index is 12.3. The molecule has 132 valence electrons. The van der Waals surface area contributed by atoms with E-state index < -0.39 is 5.97 Å². The summed E-state index contributed by atoms with van der Waals surface area (Å²) in [7, 11) is 1.32. The maximum Gasteiger partial charge on any atom is 0.338 e. The number of hydrogen-bond acceptors (Lipinski definition) is 7. The molecule has 0 saturated carbocycles. The number of carbonyl (C=O) groups is 2. The van der Waals surface area contributed by atoms with Gasteiger partial charge in [0.05, 0.1) is 18.4 Å². The van der Waals surface area contributed by atoms with E-state index in [1.54, 1.807) is 36.7 Å². The van der Waals surface area contributed by atoms with Crippen LogP contribution in [0.15, 0.2) is 53.9 Å². The van der Waals surface area contributed by atoms with Crippen LogP contribution in [0.2, 0.25) is 0 Å². The van der Waals surface area contributed by atoms with E-state index in [1.807, 2.05) is 12.1 Å². The summed E-state index contributed by atoms with van der Waals surface area (Å²) in [6, 6.07) is 10.6. The van der Waals surface area contributed by atoms with Gasteiger partial charge < -0.3 is 4.74 Å². The normalized spacial score (nSPS) is 10.5. The van der Waals surface area contributed by atoms with Crippen LogP contribution in [0.4, 0.5) is 0 Å². The molecule has 0 fully saturated rings. The van der Waals surface area contributed by atoms with Crippen molar-refractivity contribution in [2.24, 2.45) is 0 Å². The van der Waals surface area contributed by atoms with Gasteiger partial charge in [-0.05, 0) is 23.8 Å². The Morgan fingerprint density at radius 1 is 1.19 bits per heavy atom. The maximum absolute atomic E-state index is 12.3. The lowest BCUT2D eigenvalue weighted by Gasteiger charge is -2.06. The van der Waals surface area contributed by atoms with Crippen LogP contribution in [0, 0.1) is 0 Å². The first-order valence-electron chi connectivity index (χ1n) is 7.81. The Morgan fingerprint density at radius 2 is 2.04 bits per heavy atom. The van der Waals surface area contributed by atoms with E-state index >= 15 is 0 Å². The Hall–Kier alpha value is -3.00. The number of ether oxygens (including phenoxy) is 1. The molecule has 0 aliphatic rings. The van der Waals surface area contributed by atoms with Crippen LogP contribution in [0.5, 0.6) is 0 Å². The van der Waals surface area contributed by atoms with Gasteiger partial charge in [0.1, 0.15) is 5.78 Å².